The van der Waals surface area contributed by atoms with Crippen molar-refractivity contribution in [3.8, 4) is 0 Å². The van der Waals surface area contributed by atoms with E-state index < -0.39 is 13.4 Å². The van der Waals surface area contributed by atoms with Gasteiger partial charge >= 0.3 is 7.60 Å². The molecule has 5 N–H and O–H groups in total. The fraction of sp³-hybridized carbons (Fsp3) is 0.417. The Bertz CT molecular complexity index is 501. The highest BCUT2D eigenvalue weighted by atomic mass is 79.9. The van der Waals surface area contributed by atoms with Crippen molar-refractivity contribution in [3.63, 3.8) is 0 Å². The van der Waals surface area contributed by atoms with Crippen molar-refractivity contribution >= 4 is 29.5 Å². The van der Waals surface area contributed by atoms with Crippen LogP contribution in [-0.4, -0.2) is 22.3 Å². The third-order valence-corrected chi connectivity index (χ3v) is 4.23. The Hall–Kier alpha value is -0.880. The summed E-state index contributed by atoms with van der Waals surface area (Å²) in [5.41, 5.74) is 6.12. The summed E-state index contributed by atoms with van der Waals surface area (Å²) in [4.78, 5) is 22.9. The second kappa shape index (κ2) is 7.78. The van der Waals surface area contributed by atoms with Crippen molar-refractivity contribution < 1.29 is 14.4 Å². The Morgan fingerprint density at radius 2 is 2.05 bits per heavy atom. The largest absolute Gasteiger partial charge is 0.370 e. The minimum absolute atomic E-state index is 0.0368. The van der Waals surface area contributed by atoms with Gasteiger partial charge in [0.05, 0.1) is 0 Å². The predicted molar refractivity (Wildman–Crippen MR) is 83.5 cm³/mol. The van der Waals surface area contributed by atoms with Crippen LogP contribution in [0.5, 0.6) is 0 Å². The molecule has 6 nitrogen and oxygen atoms in total. The monoisotopic (exact) mass is 363 g/mol. The number of unbranched alkanes of at least 4 members (excludes halogenated alkanes) is 1. The van der Waals surface area contributed by atoms with E-state index in [4.69, 9.17) is 5.73 Å². The van der Waals surface area contributed by atoms with Crippen molar-refractivity contribution in [2.75, 3.05) is 6.54 Å². The summed E-state index contributed by atoms with van der Waals surface area (Å²) in [5, 5.41) is 2.60. The minimum Gasteiger partial charge on any atom is -0.370 e. The average molecular weight is 364 g/mol. The molecule has 0 aliphatic carbocycles. The van der Waals surface area contributed by atoms with Crippen molar-refractivity contribution in [1.82, 2.24) is 5.32 Å². The first-order chi connectivity index (χ1) is 9.34. The summed E-state index contributed by atoms with van der Waals surface area (Å²) in [7, 11) is -4.39. The van der Waals surface area contributed by atoms with Crippen LogP contribution >= 0.6 is 23.5 Å². The van der Waals surface area contributed by atoms with E-state index in [0.29, 0.717) is 12.1 Å². The molecule has 0 bridgehead atoms. The summed E-state index contributed by atoms with van der Waals surface area (Å²) in [5.74, 6) is -1.16. The van der Waals surface area contributed by atoms with Gasteiger partial charge < -0.3 is 20.8 Å². The Labute approximate surface area is 126 Å². The SMILES string of the molecule is CCCCN=C(N)NC(c1ccc(Br)cc1)P(=O)(O)O. The Morgan fingerprint density at radius 1 is 1.45 bits per heavy atom. The van der Waals surface area contributed by atoms with E-state index in [0.717, 1.165) is 17.3 Å². The number of aliphatic imine (C=N–C) groups is 1. The molecule has 0 aromatic heterocycles. The van der Waals surface area contributed by atoms with E-state index in [2.05, 4.69) is 26.2 Å². The van der Waals surface area contributed by atoms with E-state index in [1.54, 1.807) is 24.3 Å². The molecule has 1 aromatic rings. The van der Waals surface area contributed by atoms with Crippen LogP contribution in [0.3, 0.4) is 0 Å². The molecule has 0 amide bonds. The highest BCUT2D eigenvalue weighted by Gasteiger charge is 2.30. The van der Waals surface area contributed by atoms with Crippen LogP contribution in [0.4, 0.5) is 0 Å². The van der Waals surface area contributed by atoms with Gasteiger partial charge in [0.15, 0.2) is 11.7 Å². The maximum Gasteiger partial charge on any atom is 0.352 e. The second-order valence-corrected chi connectivity index (χ2v) is 6.92. The second-order valence-electron chi connectivity index (χ2n) is 4.31. The molecule has 1 aromatic carbocycles. The van der Waals surface area contributed by atoms with Crippen molar-refractivity contribution in [2.24, 2.45) is 10.7 Å². The smallest absolute Gasteiger partial charge is 0.352 e. The number of hydrogen-bond donors (Lipinski definition) is 4. The lowest BCUT2D eigenvalue weighted by molar-refractivity contribution is 0.355. The third-order valence-electron chi connectivity index (χ3n) is 2.60. The standard InChI is InChI=1S/C12H19BrN3O3P/c1-2-3-8-15-12(14)16-11(20(17,18)19)9-4-6-10(13)7-5-9/h4-7,11H,2-3,8H2,1H3,(H3,14,15,16)(H2,17,18,19). The van der Waals surface area contributed by atoms with E-state index in [1.807, 2.05) is 6.92 Å². The number of hydrogen-bond acceptors (Lipinski definition) is 2. The third kappa shape index (κ3) is 5.63. The zero-order chi connectivity index (χ0) is 15.2. The summed E-state index contributed by atoms with van der Waals surface area (Å²) < 4.78 is 12.4. The number of nitrogens with one attached hydrogen (secondary N) is 1. The number of halogens is 1. The molecule has 1 rings (SSSR count). The van der Waals surface area contributed by atoms with Gasteiger partial charge in [0.25, 0.3) is 0 Å². The summed E-state index contributed by atoms with van der Waals surface area (Å²) >= 11 is 3.28. The Balaban J connectivity index is 2.89. The van der Waals surface area contributed by atoms with Gasteiger partial charge in [-0.15, -0.1) is 0 Å². The van der Waals surface area contributed by atoms with Gasteiger partial charge in [0, 0.05) is 11.0 Å². The Kier molecular flexibility index (Phi) is 6.68. The van der Waals surface area contributed by atoms with Crippen LogP contribution in [0.25, 0.3) is 0 Å². The molecule has 0 heterocycles. The van der Waals surface area contributed by atoms with Gasteiger partial charge in [-0.25, -0.2) is 0 Å². The number of guanidine groups is 1. The lowest BCUT2D eigenvalue weighted by Gasteiger charge is -2.20. The van der Waals surface area contributed by atoms with E-state index in [9.17, 15) is 14.4 Å². The van der Waals surface area contributed by atoms with Crippen LogP contribution in [0.1, 0.15) is 31.1 Å². The van der Waals surface area contributed by atoms with Crippen molar-refractivity contribution in [3.05, 3.63) is 34.3 Å². The Morgan fingerprint density at radius 3 is 2.55 bits per heavy atom. The van der Waals surface area contributed by atoms with Gasteiger partial charge in [-0.3, -0.25) is 9.56 Å². The molecule has 0 aliphatic heterocycles. The lowest BCUT2D eigenvalue weighted by Crippen LogP contribution is -2.35. The average Bonchev–Trinajstić information content (AvgIpc) is 2.36. The highest BCUT2D eigenvalue weighted by molar-refractivity contribution is 9.10. The van der Waals surface area contributed by atoms with Gasteiger partial charge in [-0.1, -0.05) is 41.4 Å². The molecule has 0 spiro atoms. The van der Waals surface area contributed by atoms with Crippen LogP contribution in [-0.2, 0) is 4.57 Å². The molecule has 0 fully saturated rings. The fourth-order valence-corrected chi connectivity index (χ4v) is 2.68. The normalized spacial score (nSPS) is 14.1. The summed E-state index contributed by atoms with van der Waals surface area (Å²) in [6.45, 7) is 2.56. The molecule has 8 heteroatoms. The maximum absolute atomic E-state index is 11.6. The molecule has 0 radical (unpaired) electrons. The molecule has 20 heavy (non-hydrogen) atoms. The lowest BCUT2D eigenvalue weighted by atomic mass is 10.2. The molecule has 1 atom stereocenters. The molecular weight excluding hydrogens is 345 g/mol. The first kappa shape index (κ1) is 17.2. The number of nitrogens with zero attached hydrogens (tertiary/aromatic N) is 1. The quantitative estimate of drug-likeness (QED) is 0.268. The topological polar surface area (TPSA) is 108 Å². The number of nitrogens with two attached hydrogens (primary N) is 1. The van der Waals surface area contributed by atoms with Gasteiger partial charge in [0.1, 0.15) is 0 Å². The molecule has 0 saturated heterocycles. The van der Waals surface area contributed by atoms with Crippen LogP contribution in [0, 0.1) is 0 Å². The zero-order valence-corrected chi connectivity index (χ0v) is 13.6. The van der Waals surface area contributed by atoms with E-state index in [1.165, 1.54) is 0 Å². The molecular formula is C12H19BrN3O3P. The first-order valence-corrected chi connectivity index (χ1v) is 8.69. The maximum atomic E-state index is 11.6. The summed E-state index contributed by atoms with van der Waals surface area (Å²) in [6, 6.07) is 6.68. The fourth-order valence-electron chi connectivity index (χ4n) is 1.55. The van der Waals surface area contributed by atoms with Crippen molar-refractivity contribution in [2.45, 2.75) is 25.5 Å². The molecule has 0 aliphatic rings. The predicted octanol–water partition coefficient (Wildman–Crippen LogP) is 2.33. The van der Waals surface area contributed by atoms with Gasteiger partial charge in [0.2, 0.25) is 0 Å². The van der Waals surface area contributed by atoms with Crippen LogP contribution < -0.4 is 11.1 Å². The van der Waals surface area contributed by atoms with Crippen LogP contribution in [0.15, 0.2) is 33.7 Å². The van der Waals surface area contributed by atoms with E-state index in [-0.39, 0.29) is 5.96 Å². The number of benzene rings is 1. The molecule has 1 unspecified atom stereocenters. The van der Waals surface area contributed by atoms with Crippen molar-refractivity contribution in [1.29, 1.82) is 0 Å². The first-order valence-electron chi connectivity index (χ1n) is 6.21. The van der Waals surface area contributed by atoms with Crippen LogP contribution in [0.2, 0.25) is 0 Å². The summed E-state index contributed by atoms with van der Waals surface area (Å²) in [6.07, 6.45) is 1.85. The minimum atomic E-state index is -4.39. The molecule has 112 valence electrons. The van der Waals surface area contributed by atoms with E-state index >= 15 is 0 Å². The van der Waals surface area contributed by atoms with Gasteiger partial charge in [-0.05, 0) is 24.1 Å². The van der Waals surface area contributed by atoms with Gasteiger partial charge in [-0.2, -0.15) is 0 Å². The zero-order valence-electron chi connectivity index (χ0n) is 11.2. The highest BCUT2D eigenvalue weighted by Crippen LogP contribution is 2.49. The number of rotatable bonds is 6. The molecule has 0 saturated carbocycles.